The maximum absolute atomic E-state index is 13.9. The molecule has 9 heteroatoms. The number of nitrogens with zero attached hydrogens (tertiary/aromatic N) is 3. The fourth-order valence-corrected chi connectivity index (χ4v) is 6.40. The molecule has 212 valence electrons. The molecule has 0 spiro atoms. The zero-order chi connectivity index (χ0) is 29.7. The molecule has 0 saturated carbocycles. The molecule has 4 aromatic carbocycles. The normalized spacial score (nSPS) is 11.5. The number of hydrogen-bond donors (Lipinski definition) is 1. The van der Waals surface area contributed by atoms with Crippen LogP contribution in [0, 0.1) is 13.8 Å². The van der Waals surface area contributed by atoms with Crippen LogP contribution in [-0.2, 0) is 16.6 Å². The van der Waals surface area contributed by atoms with Gasteiger partial charge >= 0.3 is 0 Å². The van der Waals surface area contributed by atoms with E-state index in [-0.39, 0.29) is 22.7 Å². The Bertz CT molecular complexity index is 1840. The molecule has 0 fully saturated rings. The van der Waals surface area contributed by atoms with Crippen LogP contribution < -0.4 is 9.73 Å². The quantitative estimate of drug-likeness (QED) is 0.148. The molecule has 42 heavy (non-hydrogen) atoms. The molecule has 0 aliphatic rings. The summed E-state index contributed by atoms with van der Waals surface area (Å²) in [5.74, 6) is -0.533. The molecule has 5 aromatic rings. The average molecular weight is 597 g/mol. The van der Waals surface area contributed by atoms with Crippen molar-refractivity contribution in [3.8, 4) is 5.69 Å². The van der Waals surface area contributed by atoms with Gasteiger partial charge in [-0.05, 0) is 74.0 Å². The van der Waals surface area contributed by atoms with Crippen molar-refractivity contribution in [3.63, 3.8) is 0 Å². The summed E-state index contributed by atoms with van der Waals surface area (Å²) in [7, 11) is -4.00. The predicted molar refractivity (Wildman–Crippen MR) is 168 cm³/mol. The third-order valence-corrected chi connectivity index (χ3v) is 8.87. The highest BCUT2D eigenvalue weighted by molar-refractivity contribution is 7.92. The Morgan fingerprint density at radius 1 is 0.881 bits per heavy atom. The number of para-hydroxylation sites is 1. The second-order valence-corrected chi connectivity index (χ2v) is 12.0. The molecule has 1 aromatic heterocycles. The van der Waals surface area contributed by atoms with Crippen LogP contribution in [0.15, 0.2) is 125 Å². The van der Waals surface area contributed by atoms with Crippen molar-refractivity contribution in [2.75, 3.05) is 4.31 Å². The monoisotopic (exact) mass is 596 g/mol. The molecule has 0 atom stereocenters. The van der Waals surface area contributed by atoms with Gasteiger partial charge in [0.1, 0.15) is 0 Å². The van der Waals surface area contributed by atoms with Gasteiger partial charge in [-0.2, -0.15) is 5.10 Å². The number of halogens is 1. The number of carbonyl (C=O) groups is 1. The summed E-state index contributed by atoms with van der Waals surface area (Å²) in [4.78, 5) is 13.6. The van der Waals surface area contributed by atoms with E-state index >= 15 is 0 Å². The third-order valence-electron chi connectivity index (χ3n) is 6.84. The maximum Gasteiger partial charge on any atom is 0.273 e. The van der Waals surface area contributed by atoms with Gasteiger partial charge in [-0.3, -0.25) is 9.10 Å². The van der Waals surface area contributed by atoms with Crippen LogP contribution in [-0.4, -0.2) is 25.1 Å². The Morgan fingerprint density at radius 2 is 1.50 bits per heavy atom. The number of aryl methyl sites for hydroxylation is 1. The van der Waals surface area contributed by atoms with Crippen LogP contribution in [0.4, 0.5) is 5.69 Å². The summed E-state index contributed by atoms with van der Waals surface area (Å²) >= 11 is 6.05. The topological polar surface area (TPSA) is 83.8 Å². The molecule has 0 aliphatic heterocycles. The molecule has 1 amide bonds. The lowest BCUT2D eigenvalue weighted by Crippen LogP contribution is -2.33. The second-order valence-electron chi connectivity index (χ2n) is 9.66. The second kappa shape index (κ2) is 12.5. The standard InChI is InChI=1S/C33H29ClN4O3S/c1-24-21-27(25(2)38(24)29-19-17-28(34)18-20-29)22-35-36-33(39)31-15-9-10-16-32(31)37(23-26-11-5-3-6-12-26)42(40,41)30-13-7-4-8-14-30/h3-22H,23H2,1-2H3,(H,36,39)/b35-22-. The number of rotatable bonds is 9. The van der Waals surface area contributed by atoms with Crippen molar-refractivity contribution in [3.05, 3.63) is 148 Å². The Labute approximate surface area is 250 Å². The summed E-state index contributed by atoms with van der Waals surface area (Å²) in [6, 6.07) is 33.6. The molecular formula is C33H29ClN4O3S. The van der Waals surface area contributed by atoms with Gasteiger partial charge in [0.15, 0.2) is 0 Å². The lowest BCUT2D eigenvalue weighted by atomic mass is 10.1. The van der Waals surface area contributed by atoms with Gasteiger partial charge in [-0.25, -0.2) is 13.8 Å². The first-order valence-electron chi connectivity index (χ1n) is 13.2. The fraction of sp³-hybridized carbons (Fsp3) is 0.0909. The van der Waals surface area contributed by atoms with Crippen molar-refractivity contribution in [2.45, 2.75) is 25.3 Å². The van der Waals surface area contributed by atoms with Crippen LogP contribution in [0.3, 0.4) is 0 Å². The Morgan fingerprint density at radius 3 is 2.19 bits per heavy atom. The summed E-state index contributed by atoms with van der Waals surface area (Å²) in [6.07, 6.45) is 1.58. The Hall–Kier alpha value is -4.66. The van der Waals surface area contributed by atoms with Crippen molar-refractivity contribution < 1.29 is 13.2 Å². The predicted octanol–water partition coefficient (Wildman–Crippen LogP) is 6.91. The minimum Gasteiger partial charge on any atom is -0.318 e. The number of amides is 1. The van der Waals surface area contributed by atoms with Crippen LogP contribution in [0.1, 0.15) is 32.9 Å². The van der Waals surface area contributed by atoms with E-state index in [4.69, 9.17) is 11.6 Å². The van der Waals surface area contributed by atoms with E-state index in [1.807, 2.05) is 74.5 Å². The van der Waals surface area contributed by atoms with Gasteiger partial charge < -0.3 is 4.57 Å². The molecule has 0 saturated heterocycles. The van der Waals surface area contributed by atoms with E-state index in [0.29, 0.717) is 5.02 Å². The zero-order valence-corrected chi connectivity index (χ0v) is 24.7. The molecule has 5 rings (SSSR count). The fourth-order valence-electron chi connectivity index (χ4n) is 4.78. The van der Waals surface area contributed by atoms with Crippen molar-refractivity contribution in [2.24, 2.45) is 5.10 Å². The summed E-state index contributed by atoms with van der Waals surface area (Å²) in [5.41, 5.74) is 7.52. The molecule has 1 heterocycles. The highest BCUT2D eigenvalue weighted by Crippen LogP contribution is 2.29. The largest absolute Gasteiger partial charge is 0.318 e. The maximum atomic E-state index is 13.9. The minimum absolute atomic E-state index is 0.0440. The van der Waals surface area contributed by atoms with E-state index in [1.54, 1.807) is 60.8 Å². The van der Waals surface area contributed by atoms with Crippen molar-refractivity contribution in [1.29, 1.82) is 0 Å². The molecule has 0 unspecified atom stereocenters. The van der Waals surface area contributed by atoms with Gasteiger partial charge in [-0.1, -0.05) is 72.3 Å². The number of benzene rings is 4. The van der Waals surface area contributed by atoms with Gasteiger partial charge in [-0.15, -0.1) is 0 Å². The van der Waals surface area contributed by atoms with E-state index in [1.165, 1.54) is 4.31 Å². The highest BCUT2D eigenvalue weighted by Gasteiger charge is 2.28. The van der Waals surface area contributed by atoms with Crippen LogP contribution in [0.2, 0.25) is 5.02 Å². The first kappa shape index (κ1) is 28.9. The number of hydrazone groups is 1. The lowest BCUT2D eigenvalue weighted by Gasteiger charge is -2.26. The van der Waals surface area contributed by atoms with Gasteiger partial charge in [0.05, 0.1) is 28.9 Å². The number of hydrogen-bond acceptors (Lipinski definition) is 4. The summed E-state index contributed by atoms with van der Waals surface area (Å²) < 4.78 is 31.1. The van der Waals surface area contributed by atoms with E-state index < -0.39 is 15.9 Å². The average Bonchev–Trinajstić information content (AvgIpc) is 3.29. The number of carbonyl (C=O) groups excluding carboxylic acids is 1. The molecule has 0 radical (unpaired) electrons. The van der Waals surface area contributed by atoms with Gasteiger partial charge in [0.2, 0.25) is 0 Å². The highest BCUT2D eigenvalue weighted by atomic mass is 35.5. The minimum atomic E-state index is -4.00. The SMILES string of the molecule is Cc1cc(/C=N\NC(=O)c2ccccc2N(Cc2ccccc2)S(=O)(=O)c2ccccc2)c(C)n1-c1ccc(Cl)cc1. The molecule has 7 nitrogen and oxygen atoms in total. The number of aromatic nitrogens is 1. The summed E-state index contributed by atoms with van der Waals surface area (Å²) in [6.45, 7) is 4.00. The first-order valence-corrected chi connectivity index (χ1v) is 15.1. The molecule has 0 aliphatic carbocycles. The summed E-state index contributed by atoms with van der Waals surface area (Å²) in [5, 5.41) is 4.88. The Kier molecular flexibility index (Phi) is 8.56. The zero-order valence-electron chi connectivity index (χ0n) is 23.1. The number of anilines is 1. The first-order chi connectivity index (χ1) is 20.3. The van der Waals surface area contributed by atoms with E-state index in [9.17, 15) is 13.2 Å². The lowest BCUT2D eigenvalue weighted by molar-refractivity contribution is 0.0955. The van der Waals surface area contributed by atoms with Crippen LogP contribution in [0.5, 0.6) is 0 Å². The third kappa shape index (κ3) is 6.15. The molecule has 1 N–H and O–H groups in total. The molecule has 0 bridgehead atoms. The van der Waals surface area contributed by atoms with E-state index in [2.05, 4.69) is 15.1 Å². The smallest absolute Gasteiger partial charge is 0.273 e. The number of sulfonamides is 1. The van der Waals surface area contributed by atoms with E-state index in [0.717, 1.165) is 28.2 Å². The van der Waals surface area contributed by atoms with Crippen LogP contribution >= 0.6 is 11.6 Å². The Balaban J connectivity index is 1.44. The molecular weight excluding hydrogens is 568 g/mol. The van der Waals surface area contributed by atoms with Gasteiger partial charge in [0.25, 0.3) is 15.9 Å². The van der Waals surface area contributed by atoms with Crippen molar-refractivity contribution >= 4 is 39.4 Å². The van der Waals surface area contributed by atoms with Crippen molar-refractivity contribution in [1.82, 2.24) is 9.99 Å². The van der Waals surface area contributed by atoms with Gasteiger partial charge in [0, 0.05) is 27.7 Å². The van der Waals surface area contributed by atoms with Crippen LogP contribution in [0.25, 0.3) is 5.69 Å². The number of nitrogens with one attached hydrogen (secondary N) is 1.